The first-order chi connectivity index (χ1) is 13.0. The van der Waals surface area contributed by atoms with Crippen LogP contribution in [0.25, 0.3) is 5.65 Å². The van der Waals surface area contributed by atoms with Crippen molar-refractivity contribution in [3.8, 4) is 5.75 Å². The molecule has 2 aliphatic rings. The summed E-state index contributed by atoms with van der Waals surface area (Å²) in [7, 11) is 1.67. The number of aromatic amines is 1. The maximum atomic E-state index is 13.0. The molecule has 3 heterocycles. The lowest BCUT2D eigenvalue weighted by atomic mass is 9.89. The number of carbonyl (C=O) groups excluding carboxylic acids is 1. The van der Waals surface area contributed by atoms with Gasteiger partial charge in [-0.15, -0.1) is 0 Å². The number of amides is 1. The van der Waals surface area contributed by atoms with Crippen LogP contribution >= 0.6 is 0 Å². The van der Waals surface area contributed by atoms with E-state index in [4.69, 9.17) is 4.74 Å². The Morgan fingerprint density at radius 2 is 2.07 bits per heavy atom. The molecule has 27 heavy (non-hydrogen) atoms. The summed E-state index contributed by atoms with van der Waals surface area (Å²) in [4.78, 5) is 29.1. The van der Waals surface area contributed by atoms with E-state index < -0.39 is 6.61 Å². The van der Waals surface area contributed by atoms with E-state index in [0.717, 1.165) is 5.56 Å². The number of hydrogen-bond acceptors (Lipinski definition) is 4. The summed E-state index contributed by atoms with van der Waals surface area (Å²) in [6.07, 6.45) is 2.03. The third kappa shape index (κ3) is 2.14. The van der Waals surface area contributed by atoms with Crippen molar-refractivity contribution in [3.63, 3.8) is 0 Å². The van der Waals surface area contributed by atoms with Crippen molar-refractivity contribution in [1.82, 2.24) is 19.5 Å². The Balaban J connectivity index is 1.84. The molecular formula is C18H14F2N4O3. The van der Waals surface area contributed by atoms with Crippen molar-refractivity contribution in [2.24, 2.45) is 0 Å². The predicted octanol–water partition coefficient (Wildman–Crippen LogP) is 2.29. The Hall–Kier alpha value is -3.23. The van der Waals surface area contributed by atoms with E-state index in [1.807, 2.05) is 0 Å². The first kappa shape index (κ1) is 16.0. The average Bonchev–Trinajstić information content (AvgIpc) is 3.14. The average molecular weight is 372 g/mol. The van der Waals surface area contributed by atoms with E-state index >= 15 is 0 Å². The Morgan fingerprint density at radius 3 is 2.85 bits per heavy atom. The predicted molar refractivity (Wildman–Crippen MR) is 90.2 cm³/mol. The third-order valence-corrected chi connectivity index (χ3v) is 5.36. The van der Waals surface area contributed by atoms with Crippen molar-refractivity contribution < 1.29 is 18.3 Å². The minimum absolute atomic E-state index is 0.0274. The molecule has 1 aromatic carbocycles. The van der Waals surface area contributed by atoms with Crippen LogP contribution in [0.1, 0.15) is 45.6 Å². The van der Waals surface area contributed by atoms with E-state index in [9.17, 15) is 18.4 Å². The summed E-state index contributed by atoms with van der Waals surface area (Å²) in [6.45, 7) is -3.01. The molecule has 2 atom stereocenters. The minimum atomic E-state index is -3.01. The second-order valence-corrected chi connectivity index (χ2v) is 6.71. The van der Waals surface area contributed by atoms with Gasteiger partial charge in [0.2, 0.25) is 0 Å². The lowest BCUT2D eigenvalue weighted by Crippen LogP contribution is -2.30. The summed E-state index contributed by atoms with van der Waals surface area (Å²) >= 11 is 0. The van der Waals surface area contributed by atoms with Gasteiger partial charge in [-0.05, 0) is 18.6 Å². The van der Waals surface area contributed by atoms with Gasteiger partial charge in [-0.2, -0.15) is 13.9 Å². The summed E-state index contributed by atoms with van der Waals surface area (Å²) in [6, 6.07) is 5.62. The molecule has 5 rings (SSSR count). The second kappa shape index (κ2) is 5.38. The SMILES string of the molecule is CN1C(=O)c2cccc(OC(F)F)c2[C@H]2C[C@@H]1c1nn3ccc(=O)[nH]c3c12. The monoisotopic (exact) mass is 372 g/mol. The molecule has 0 fully saturated rings. The molecule has 1 aliphatic heterocycles. The number of rotatable bonds is 2. The summed E-state index contributed by atoms with van der Waals surface area (Å²) in [5.41, 5.74) is 2.36. The van der Waals surface area contributed by atoms with Gasteiger partial charge in [0, 0.05) is 41.9 Å². The van der Waals surface area contributed by atoms with Gasteiger partial charge in [-0.3, -0.25) is 9.59 Å². The Bertz CT molecular complexity index is 1150. The third-order valence-electron chi connectivity index (χ3n) is 5.36. The maximum Gasteiger partial charge on any atom is 0.387 e. The Labute approximate surface area is 151 Å². The molecular weight excluding hydrogens is 358 g/mol. The lowest BCUT2D eigenvalue weighted by Gasteiger charge is -2.23. The van der Waals surface area contributed by atoms with Gasteiger partial charge in [0.15, 0.2) is 0 Å². The fourth-order valence-electron chi connectivity index (χ4n) is 4.26. The maximum absolute atomic E-state index is 13.0. The zero-order chi connectivity index (χ0) is 18.9. The molecule has 0 saturated heterocycles. The number of fused-ring (bicyclic) bond motifs is 9. The molecule has 1 aliphatic carbocycles. The van der Waals surface area contributed by atoms with Gasteiger partial charge in [-0.1, -0.05) is 6.07 Å². The van der Waals surface area contributed by atoms with E-state index in [1.54, 1.807) is 28.7 Å². The van der Waals surface area contributed by atoms with Gasteiger partial charge in [-0.25, -0.2) is 4.52 Å². The molecule has 3 aromatic rings. The lowest BCUT2D eigenvalue weighted by molar-refractivity contribution is -0.0505. The van der Waals surface area contributed by atoms with Crippen LogP contribution in [-0.2, 0) is 0 Å². The summed E-state index contributed by atoms with van der Waals surface area (Å²) in [5, 5.41) is 4.53. The normalized spacial score (nSPS) is 20.7. The zero-order valence-electron chi connectivity index (χ0n) is 14.1. The van der Waals surface area contributed by atoms with E-state index in [1.165, 1.54) is 18.2 Å². The molecule has 9 heteroatoms. The first-order valence-electron chi connectivity index (χ1n) is 8.42. The van der Waals surface area contributed by atoms with Crippen LogP contribution in [0.3, 0.4) is 0 Å². The van der Waals surface area contributed by atoms with Gasteiger partial charge >= 0.3 is 6.61 Å². The number of nitrogens with zero attached hydrogens (tertiary/aromatic N) is 3. The van der Waals surface area contributed by atoms with Gasteiger partial charge in [0.25, 0.3) is 11.5 Å². The number of nitrogens with one attached hydrogen (secondary N) is 1. The zero-order valence-corrected chi connectivity index (χ0v) is 14.1. The molecule has 2 bridgehead atoms. The molecule has 0 radical (unpaired) electrons. The highest BCUT2D eigenvalue weighted by atomic mass is 19.3. The fraction of sp³-hybridized carbons (Fsp3) is 0.278. The number of H-pyrrole nitrogens is 1. The number of ether oxygens (including phenoxy) is 1. The summed E-state index contributed by atoms with van der Waals surface area (Å²) < 4.78 is 32.2. The number of alkyl halides is 2. The molecule has 1 amide bonds. The van der Waals surface area contributed by atoms with Crippen LogP contribution in [0.5, 0.6) is 5.75 Å². The molecule has 0 saturated carbocycles. The van der Waals surface area contributed by atoms with Crippen molar-refractivity contribution in [1.29, 1.82) is 0 Å². The number of carbonyl (C=O) groups is 1. The molecule has 138 valence electrons. The van der Waals surface area contributed by atoms with Gasteiger partial charge in [0.05, 0.1) is 11.7 Å². The highest BCUT2D eigenvalue weighted by molar-refractivity contribution is 5.98. The first-order valence-corrected chi connectivity index (χ1v) is 8.42. The smallest absolute Gasteiger partial charge is 0.387 e. The van der Waals surface area contributed by atoms with Crippen molar-refractivity contribution >= 4 is 11.6 Å². The molecule has 1 N–H and O–H groups in total. The van der Waals surface area contributed by atoms with Crippen LogP contribution in [0, 0.1) is 0 Å². The van der Waals surface area contributed by atoms with Gasteiger partial charge < -0.3 is 14.6 Å². The number of halogens is 2. The largest absolute Gasteiger partial charge is 0.434 e. The van der Waals surface area contributed by atoms with Crippen LogP contribution in [0.4, 0.5) is 8.78 Å². The van der Waals surface area contributed by atoms with Crippen LogP contribution in [0.2, 0.25) is 0 Å². The summed E-state index contributed by atoms with van der Waals surface area (Å²) in [5.74, 6) is -0.687. The standard InChI is InChI=1S/C18H14F2N4O3/c1-23-10-7-9(14-15(10)22-24-6-5-12(25)21-16(14)24)13-8(17(23)26)3-2-4-11(13)27-18(19)20/h2-6,9-10,18H,7H2,1H3,(H,21,25)/t9-,10-/m1/s1. The second-order valence-electron chi connectivity index (χ2n) is 6.71. The Kier molecular flexibility index (Phi) is 3.19. The van der Waals surface area contributed by atoms with Crippen molar-refractivity contribution in [2.75, 3.05) is 7.05 Å². The van der Waals surface area contributed by atoms with Crippen molar-refractivity contribution in [2.45, 2.75) is 25.0 Å². The molecule has 0 unspecified atom stereocenters. The fourth-order valence-corrected chi connectivity index (χ4v) is 4.26. The minimum Gasteiger partial charge on any atom is -0.434 e. The number of benzene rings is 1. The highest BCUT2D eigenvalue weighted by Gasteiger charge is 2.46. The quantitative estimate of drug-likeness (QED) is 0.749. The van der Waals surface area contributed by atoms with Gasteiger partial charge in [0.1, 0.15) is 11.4 Å². The van der Waals surface area contributed by atoms with Crippen LogP contribution in [-0.4, -0.2) is 39.1 Å². The van der Waals surface area contributed by atoms with E-state index in [2.05, 4.69) is 10.1 Å². The van der Waals surface area contributed by atoms with Crippen LogP contribution in [0.15, 0.2) is 35.3 Å². The van der Waals surface area contributed by atoms with E-state index in [0.29, 0.717) is 28.9 Å². The molecule has 0 spiro atoms. The highest BCUT2D eigenvalue weighted by Crippen LogP contribution is 2.52. The Morgan fingerprint density at radius 1 is 1.26 bits per heavy atom. The van der Waals surface area contributed by atoms with E-state index in [-0.39, 0.29) is 29.2 Å². The molecule has 7 nitrogen and oxygen atoms in total. The van der Waals surface area contributed by atoms with Crippen molar-refractivity contribution in [3.05, 3.63) is 63.2 Å². The van der Waals surface area contributed by atoms with Crippen LogP contribution < -0.4 is 10.3 Å². The molecule has 2 aromatic heterocycles. The number of aromatic nitrogens is 3. The number of hydrogen-bond donors (Lipinski definition) is 1. The topological polar surface area (TPSA) is 79.7 Å².